The van der Waals surface area contributed by atoms with Crippen LogP contribution in [0.5, 0.6) is 0 Å². The van der Waals surface area contributed by atoms with Crippen LogP contribution in [-0.4, -0.2) is 9.30 Å². The first-order valence-corrected chi connectivity index (χ1v) is 7.83. The predicted molar refractivity (Wildman–Crippen MR) is 83.1 cm³/mol. The minimum atomic E-state index is -1.16. The Morgan fingerprint density at radius 2 is 2.11 bits per heavy atom. The molecular formula is C13H17BrClNOS. The number of halogens is 2. The van der Waals surface area contributed by atoms with Gasteiger partial charge in [0, 0.05) is 20.9 Å². The lowest BCUT2D eigenvalue weighted by Crippen LogP contribution is -2.40. The van der Waals surface area contributed by atoms with E-state index in [2.05, 4.69) is 27.2 Å². The average molecular weight is 351 g/mol. The van der Waals surface area contributed by atoms with E-state index in [1.807, 2.05) is 32.9 Å². The number of hydrogen-bond donors (Lipinski definition) is 1. The third-order valence-corrected chi connectivity index (χ3v) is 4.83. The van der Waals surface area contributed by atoms with E-state index in [4.69, 9.17) is 11.6 Å². The first-order valence-electron chi connectivity index (χ1n) is 5.51. The zero-order valence-electron chi connectivity index (χ0n) is 10.7. The summed E-state index contributed by atoms with van der Waals surface area (Å²) < 4.78 is 15.7. The third-order valence-electron chi connectivity index (χ3n) is 2.32. The van der Waals surface area contributed by atoms with Gasteiger partial charge in [-0.15, -0.1) is 11.3 Å². The molecule has 1 aromatic carbocycles. The highest BCUT2D eigenvalue weighted by molar-refractivity contribution is 9.10. The molecule has 0 heterocycles. The number of nitrogens with one attached hydrogen (secondary N) is 1. The molecule has 2 atom stereocenters. The fourth-order valence-electron chi connectivity index (χ4n) is 1.28. The van der Waals surface area contributed by atoms with E-state index in [0.717, 1.165) is 10.0 Å². The largest absolute Gasteiger partial charge is 0.598 e. The van der Waals surface area contributed by atoms with Gasteiger partial charge in [0.15, 0.2) is 0 Å². The van der Waals surface area contributed by atoms with E-state index in [9.17, 15) is 4.55 Å². The van der Waals surface area contributed by atoms with Gasteiger partial charge < -0.3 is 4.55 Å². The van der Waals surface area contributed by atoms with E-state index in [1.165, 1.54) is 0 Å². The van der Waals surface area contributed by atoms with E-state index in [1.54, 1.807) is 12.1 Å². The van der Waals surface area contributed by atoms with Crippen LogP contribution in [0.4, 0.5) is 0 Å². The fraction of sp³-hybridized carbons (Fsp3) is 0.385. The maximum Gasteiger partial charge on any atom is 0.136 e. The molecule has 0 aromatic heterocycles. The summed E-state index contributed by atoms with van der Waals surface area (Å²) in [6, 6.07) is 5.33. The summed E-state index contributed by atoms with van der Waals surface area (Å²) in [5.74, 6) is 0. The van der Waals surface area contributed by atoms with Gasteiger partial charge in [0.2, 0.25) is 0 Å². The molecule has 1 aromatic rings. The van der Waals surface area contributed by atoms with Crippen LogP contribution in [-0.2, 0) is 11.4 Å². The smallest absolute Gasteiger partial charge is 0.136 e. The summed E-state index contributed by atoms with van der Waals surface area (Å²) >= 11 is 8.21. The molecule has 0 saturated heterocycles. The number of hydrogen-bond acceptors (Lipinski definition) is 2. The highest BCUT2D eigenvalue weighted by Gasteiger charge is 2.29. The second-order valence-electron chi connectivity index (χ2n) is 4.88. The molecule has 2 nitrogen and oxygen atoms in total. The minimum absolute atomic E-state index is 0.184. The summed E-state index contributed by atoms with van der Waals surface area (Å²) in [4.78, 5) is 0. The van der Waals surface area contributed by atoms with Crippen molar-refractivity contribution < 1.29 is 4.55 Å². The number of rotatable bonds is 4. The molecule has 18 heavy (non-hydrogen) atoms. The van der Waals surface area contributed by atoms with Crippen LogP contribution in [0.3, 0.4) is 0 Å². The summed E-state index contributed by atoms with van der Waals surface area (Å²) in [6.45, 7) is 9.56. The Morgan fingerprint density at radius 3 is 2.56 bits per heavy atom. The normalized spacial score (nSPS) is 15.2. The molecule has 100 valence electrons. The molecule has 0 saturated carbocycles. The quantitative estimate of drug-likeness (QED) is 0.646. The molecule has 0 spiro atoms. The molecule has 0 bridgehead atoms. The van der Waals surface area contributed by atoms with Crippen LogP contribution in [0.25, 0.3) is 0 Å². The molecule has 5 heteroatoms. The van der Waals surface area contributed by atoms with Gasteiger partial charge in [0.1, 0.15) is 4.75 Å². The molecule has 1 rings (SSSR count). The lowest BCUT2D eigenvalue weighted by molar-refractivity contribution is 0.537. The molecule has 0 aliphatic carbocycles. The standard InChI is InChI=1S/C13H17BrClNOS/c1-5-12(16-18(17)13(2,3)4)10-7-6-9(15)8-11(10)14/h5-8,12,16H,1H2,2-4H3/t12-,18-/m0/s1. The van der Waals surface area contributed by atoms with E-state index < -0.39 is 11.4 Å². The van der Waals surface area contributed by atoms with Gasteiger partial charge in [0.25, 0.3) is 0 Å². The van der Waals surface area contributed by atoms with Crippen molar-refractivity contribution in [3.63, 3.8) is 0 Å². The highest BCUT2D eigenvalue weighted by atomic mass is 79.9. The topological polar surface area (TPSA) is 35.1 Å². The van der Waals surface area contributed by atoms with Crippen LogP contribution < -0.4 is 4.72 Å². The van der Waals surface area contributed by atoms with Crippen molar-refractivity contribution in [2.75, 3.05) is 0 Å². The molecule has 0 radical (unpaired) electrons. The summed E-state index contributed by atoms with van der Waals surface area (Å²) in [6.07, 6.45) is 1.73. The van der Waals surface area contributed by atoms with Crippen LogP contribution in [0, 0.1) is 0 Å². The fourth-order valence-corrected chi connectivity index (χ4v) is 3.02. The van der Waals surface area contributed by atoms with Crippen molar-refractivity contribution in [3.05, 3.63) is 45.9 Å². The Balaban J connectivity index is 2.93. The van der Waals surface area contributed by atoms with Crippen molar-refractivity contribution in [1.82, 2.24) is 4.72 Å². The Labute approximate surface area is 125 Å². The second-order valence-corrected chi connectivity index (χ2v) is 8.17. The van der Waals surface area contributed by atoms with E-state index in [0.29, 0.717) is 5.02 Å². The molecular weight excluding hydrogens is 334 g/mol. The lowest BCUT2D eigenvalue weighted by Gasteiger charge is -2.27. The van der Waals surface area contributed by atoms with Crippen LogP contribution in [0.1, 0.15) is 32.4 Å². The van der Waals surface area contributed by atoms with Gasteiger partial charge in [-0.05, 0) is 38.5 Å². The monoisotopic (exact) mass is 349 g/mol. The zero-order chi connectivity index (χ0) is 13.9. The SMILES string of the molecule is C=C[C@H](N[S@@+]([O-])C(C)(C)C)c1ccc(Cl)cc1Br. The molecule has 0 unspecified atom stereocenters. The molecule has 0 aliphatic rings. The average Bonchev–Trinajstić information content (AvgIpc) is 2.25. The first kappa shape index (κ1) is 16.1. The minimum Gasteiger partial charge on any atom is -0.598 e. The van der Waals surface area contributed by atoms with Gasteiger partial charge in [0.05, 0.1) is 6.04 Å². The second kappa shape index (κ2) is 6.44. The Bertz CT molecular complexity index is 433. The molecule has 0 aliphatic heterocycles. The molecule has 1 N–H and O–H groups in total. The zero-order valence-corrected chi connectivity index (χ0v) is 13.8. The summed E-state index contributed by atoms with van der Waals surface area (Å²) in [5, 5.41) is 0.658. The van der Waals surface area contributed by atoms with Gasteiger partial charge in [-0.1, -0.05) is 39.7 Å². The third kappa shape index (κ3) is 4.28. The van der Waals surface area contributed by atoms with E-state index in [-0.39, 0.29) is 10.8 Å². The molecule has 0 fully saturated rings. The first-order chi connectivity index (χ1) is 8.25. The molecule has 0 amide bonds. The summed E-state index contributed by atoms with van der Waals surface area (Å²) in [7, 11) is 0. The maximum absolute atomic E-state index is 12.1. The highest BCUT2D eigenvalue weighted by Crippen LogP contribution is 2.29. The van der Waals surface area contributed by atoms with Gasteiger partial charge in [-0.2, -0.15) is 0 Å². The van der Waals surface area contributed by atoms with Crippen LogP contribution in [0.2, 0.25) is 5.02 Å². The van der Waals surface area contributed by atoms with Crippen LogP contribution in [0.15, 0.2) is 35.3 Å². The van der Waals surface area contributed by atoms with Crippen molar-refractivity contribution in [1.29, 1.82) is 0 Å². The predicted octanol–water partition coefficient (Wildman–Crippen LogP) is 4.38. The van der Waals surface area contributed by atoms with Crippen molar-refractivity contribution in [2.24, 2.45) is 0 Å². The van der Waals surface area contributed by atoms with Crippen molar-refractivity contribution in [3.8, 4) is 0 Å². The van der Waals surface area contributed by atoms with Crippen molar-refractivity contribution >= 4 is 38.9 Å². The van der Waals surface area contributed by atoms with Gasteiger partial charge in [-0.3, -0.25) is 0 Å². The van der Waals surface area contributed by atoms with Gasteiger partial charge in [-0.25, -0.2) is 0 Å². The Morgan fingerprint density at radius 1 is 1.50 bits per heavy atom. The Hall–Kier alpha value is -0.0000000000000000555. The van der Waals surface area contributed by atoms with Crippen LogP contribution >= 0.6 is 27.5 Å². The van der Waals surface area contributed by atoms with Gasteiger partial charge >= 0.3 is 0 Å². The summed E-state index contributed by atoms with van der Waals surface area (Å²) in [5.41, 5.74) is 0.965. The van der Waals surface area contributed by atoms with E-state index >= 15 is 0 Å². The lowest BCUT2D eigenvalue weighted by atomic mass is 10.1. The Kier molecular flexibility index (Phi) is 5.74. The maximum atomic E-state index is 12.1. The van der Waals surface area contributed by atoms with Crippen molar-refractivity contribution in [2.45, 2.75) is 31.6 Å². The number of benzene rings is 1.